The number of hydrogen-bond donors (Lipinski definition) is 1. The molecule has 144 valence electrons. The first-order chi connectivity index (χ1) is 13.6. The van der Waals surface area contributed by atoms with E-state index in [0.29, 0.717) is 21.5 Å². The molecular weight excluding hydrogens is 401 g/mol. The minimum absolute atomic E-state index is 0.237. The fourth-order valence-corrected chi connectivity index (χ4v) is 2.78. The number of nitrogens with one attached hydrogen (secondary N) is 1. The fourth-order valence-electron chi connectivity index (χ4n) is 2.40. The molecule has 2 aromatic carbocycles. The molecular formula is C20H17Cl2N3O3. The van der Waals surface area contributed by atoms with Crippen LogP contribution in [0.25, 0.3) is 11.3 Å². The summed E-state index contributed by atoms with van der Waals surface area (Å²) in [6.07, 6.45) is 0. The lowest BCUT2D eigenvalue weighted by Crippen LogP contribution is -2.28. The quantitative estimate of drug-likeness (QED) is 0.581. The van der Waals surface area contributed by atoms with Crippen molar-refractivity contribution >= 4 is 29.1 Å². The molecule has 6 nitrogen and oxygen atoms in total. The lowest BCUT2D eigenvalue weighted by atomic mass is 10.1. The monoisotopic (exact) mass is 417 g/mol. The highest BCUT2D eigenvalue weighted by Crippen LogP contribution is 2.21. The predicted molar refractivity (Wildman–Crippen MR) is 108 cm³/mol. The van der Waals surface area contributed by atoms with Crippen molar-refractivity contribution in [2.45, 2.75) is 0 Å². The second kappa shape index (κ2) is 9.39. The maximum Gasteiger partial charge on any atom is 0.252 e. The number of carbonyl (C=O) groups excluding carboxylic acids is 1. The first-order valence-corrected chi connectivity index (χ1v) is 9.16. The van der Waals surface area contributed by atoms with Gasteiger partial charge in [0.15, 0.2) is 0 Å². The molecule has 0 aliphatic rings. The van der Waals surface area contributed by atoms with Gasteiger partial charge in [-0.25, -0.2) is 0 Å². The standard InChI is InChI=1S/C20H17Cl2N3O3/c1-27-15-5-2-13(3-6-15)18-8-9-19(25-24-18)28-11-10-23-20(26)16-12-14(21)4-7-17(16)22/h2-9,12H,10-11H2,1H3,(H,23,26). The molecule has 1 aromatic heterocycles. The van der Waals surface area contributed by atoms with Gasteiger partial charge in [0.25, 0.3) is 5.91 Å². The van der Waals surface area contributed by atoms with E-state index in [4.69, 9.17) is 32.7 Å². The minimum atomic E-state index is -0.322. The molecule has 0 aliphatic carbocycles. The zero-order chi connectivity index (χ0) is 19.9. The Labute approximate surface area is 172 Å². The molecule has 8 heteroatoms. The topological polar surface area (TPSA) is 73.3 Å². The molecule has 0 radical (unpaired) electrons. The van der Waals surface area contributed by atoms with Gasteiger partial charge in [-0.05, 0) is 48.5 Å². The molecule has 1 N–H and O–H groups in total. The van der Waals surface area contributed by atoms with E-state index < -0.39 is 0 Å². The number of amides is 1. The van der Waals surface area contributed by atoms with Gasteiger partial charge in [-0.1, -0.05) is 23.2 Å². The van der Waals surface area contributed by atoms with Crippen LogP contribution in [0.5, 0.6) is 11.6 Å². The molecule has 0 atom stereocenters. The molecule has 0 bridgehead atoms. The van der Waals surface area contributed by atoms with Gasteiger partial charge in [-0.2, -0.15) is 0 Å². The van der Waals surface area contributed by atoms with Crippen molar-refractivity contribution in [2.75, 3.05) is 20.3 Å². The number of methoxy groups -OCH3 is 1. The van der Waals surface area contributed by atoms with E-state index in [9.17, 15) is 4.79 Å². The molecule has 0 spiro atoms. The number of aromatic nitrogens is 2. The zero-order valence-electron chi connectivity index (χ0n) is 15.0. The van der Waals surface area contributed by atoms with Gasteiger partial charge in [-0.3, -0.25) is 4.79 Å². The third kappa shape index (κ3) is 5.12. The first kappa shape index (κ1) is 19.9. The Hall–Kier alpha value is -2.83. The van der Waals surface area contributed by atoms with E-state index in [1.54, 1.807) is 25.3 Å². The highest BCUT2D eigenvalue weighted by atomic mass is 35.5. The van der Waals surface area contributed by atoms with Crippen LogP contribution < -0.4 is 14.8 Å². The number of hydrogen-bond acceptors (Lipinski definition) is 5. The zero-order valence-corrected chi connectivity index (χ0v) is 16.5. The molecule has 0 saturated heterocycles. The number of ether oxygens (including phenoxy) is 2. The maximum absolute atomic E-state index is 12.1. The number of benzene rings is 2. The van der Waals surface area contributed by atoms with Crippen LogP contribution in [0.3, 0.4) is 0 Å². The molecule has 1 heterocycles. The van der Waals surface area contributed by atoms with Crippen molar-refractivity contribution < 1.29 is 14.3 Å². The average Bonchev–Trinajstić information content (AvgIpc) is 2.73. The van der Waals surface area contributed by atoms with Gasteiger partial charge in [0, 0.05) is 16.7 Å². The highest BCUT2D eigenvalue weighted by Gasteiger charge is 2.10. The lowest BCUT2D eigenvalue weighted by Gasteiger charge is -2.08. The van der Waals surface area contributed by atoms with Crippen LogP contribution in [0.15, 0.2) is 54.6 Å². The van der Waals surface area contributed by atoms with Crippen molar-refractivity contribution in [1.29, 1.82) is 0 Å². The van der Waals surface area contributed by atoms with Crippen LogP contribution in [-0.4, -0.2) is 36.4 Å². The molecule has 0 unspecified atom stereocenters. The third-order valence-electron chi connectivity index (χ3n) is 3.84. The number of carbonyl (C=O) groups is 1. The minimum Gasteiger partial charge on any atom is -0.497 e. The molecule has 0 saturated carbocycles. The first-order valence-electron chi connectivity index (χ1n) is 8.41. The van der Waals surface area contributed by atoms with E-state index in [-0.39, 0.29) is 19.1 Å². The van der Waals surface area contributed by atoms with Crippen molar-refractivity contribution in [3.63, 3.8) is 0 Å². The summed E-state index contributed by atoms with van der Waals surface area (Å²) in [7, 11) is 1.62. The summed E-state index contributed by atoms with van der Waals surface area (Å²) in [4.78, 5) is 12.1. The van der Waals surface area contributed by atoms with Crippen molar-refractivity contribution in [1.82, 2.24) is 15.5 Å². The van der Waals surface area contributed by atoms with Gasteiger partial charge < -0.3 is 14.8 Å². The van der Waals surface area contributed by atoms with Crippen LogP contribution in [-0.2, 0) is 0 Å². The average molecular weight is 418 g/mol. The lowest BCUT2D eigenvalue weighted by molar-refractivity contribution is 0.0946. The third-order valence-corrected chi connectivity index (χ3v) is 4.40. The fraction of sp³-hybridized carbons (Fsp3) is 0.150. The van der Waals surface area contributed by atoms with Crippen molar-refractivity contribution in [3.8, 4) is 22.9 Å². The molecule has 0 aliphatic heterocycles. The largest absolute Gasteiger partial charge is 0.497 e. The summed E-state index contributed by atoms with van der Waals surface area (Å²) in [5, 5.41) is 11.7. The van der Waals surface area contributed by atoms with E-state index in [1.807, 2.05) is 30.3 Å². The number of halogens is 2. The Balaban J connectivity index is 1.49. The number of nitrogens with zero attached hydrogens (tertiary/aromatic N) is 2. The predicted octanol–water partition coefficient (Wildman–Crippen LogP) is 4.27. The van der Waals surface area contributed by atoms with Gasteiger partial charge in [0.2, 0.25) is 5.88 Å². The second-order valence-corrected chi connectivity index (χ2v) is 6.56. The van der Waals surface area contributed by atoms with Crippen LogP contribution in [0.2, 0.25) is 10.0 Å². The Morgan fingerprint density at radius 3 is 2.50 bits per heavy atom. The summed E-state index contributed by atoms with van der Waals surface area (Å²) < 4.78 is 10.6. The summed E-state index contributed by atoms with van der Waals surface area (Å²) in [5.41, 5.74) is 1.96. The van der Waals surface area contributed by atoms with Crippen LogP contribution >= 0.6 is 23.2 Å². The molecule has 3 rings (SSSR count). The molecule has 0 fully saturated rings. The normalized spacial score (nSPS) is 10.4. The Bertz CT molecular complexity index is 948. The van der Waals surface area contributed by atoms with E-state index in [2.05, 4.69) is 15.5 Å². The van der Waals surface area contributed by atoms with Crippen molar-refractivity contribution in [3.05, 3.63) is 70.2 Å². The molecule has 1 amide bonds. The van der Waals surface area contributed by atoms with E-state index in [1.165, 1.54) is 6.07 Å². The molecule has 28 heavy (non-hydrogen) atoms. The van der Waals surface area contributed by atoms with E-state index in [0.717, 1.165) is 17.0 Å². The van der Waals surface area contributed by atoms with Crippen LogP contribution in [0.1, 0.15) is 10.4 Å². The van der Waals surface area contributed by atoms with Crippen molar-refractivity contribution in [2.24, 2.45) is 0 Å². The van der Waals surface area contributed by atoms with Gasteiger partial charge >= 0.3 is 0 Å². The summed E-state index contributed by atoms with van der Waals surface area (Å²) in [6.45, 7) is 0.518. The van der Waals surface area contributed by atoms with Gasteiger partial charge in [0.1, 0.15) is 12.4 Å². The van der Waals surface area contributed by atoms with Gasteiger partial charge in [0.05, 0.1) is 29.9 Å². The summed E-state index contributed by atoms with van der Waals surface area (Å²) in [6, 6.07) is 15.8. The highest BCUT2D eigenvalue weighted by molar-refractivity contribution is 6.35. The van der Waals surface area contributed by atoms with Gasteiger partial charge in [-0.15, -0.1) is 10.2 Å². The summed E-state index contributed by atoms with van der Waals surface area (Å²) >= 11 is 11.9. The summed E-state index contributed by atoms with van der Waals surface area (Å²) in [5.74, 6) is 0.821. The Kier molecular flexibility index (Phi) is 6.68. The van der Waals surface area contributed by atoms with Crippen LogP contribution in [0, 0.1) is 0 Å². The molecule has 3 aromatic rings. The second-order valence-electron chi connectivity index (χ2n) is 5.71. The SMILES string of the molecule is COc1ccc(-c2ccc(OCCNC(=O)c3cc(Cl)ccc3Cl)nn2)cc1. The number of rotatable bonds is 7. The Morgan fingerprint density at radius 1 is 1.04 bits per heavy atom. The Morgan fingerprint density at radius 2 is 1.82 bits per heavy atom. The van der Waals surface area contributed by atoms with E-state index >= 15 is 0 Å². The smallest absolute Gasteiger partial charge is 0.252 e. The maximum atomic E-state index is 12.1. The van der Waals surface area contributed by atoms with Crippen LogP contribution in [0.4, 0.5) is 0 Å².